The maximum absolute atomic E-state index is 12.5. The summed E-state index contributed by atoms with van der Waals surface area (Å²) in [7, 11) is 0. The number of amides is 3. The number of likely N-dealkylation sites (tertiary alicyclic amines) is 1. The monoisotopic (exact) mass is 398 g/mol. The molecule has 1 fully saturated rings. The van der Waals surface area contributed by atoms with E-state index < -0.39 is 36.4 Å². The van der Waals surface area contributed by atoms with E-state index >= 15 is 0 Å². The van der Waals surface area contributed by atoms with Gasteiger partial charge in [0.1, 0.15) is 6.04 Å². The number of ketones is 1. The minimum Gasteiger partial charge on any atom is -0.454 e. The van der Waals surface area contributed by atoms with Crippen LogP contribution in [0.2, 0.25) is 0 Å². The summed E-state index contributed by atoms with van der Waals surface area (Å²) in [5.41, 5.74) is 0.963. The van der Waals surface area contributed by atoms with Gasteiger partial charge < -0.3 is 10.1 Å². The Balaban J connectivity index is 1.53. The van der Waals surface area contributed by atoms with Gasteiger partial charge in [0, 0.05) is 11.3 Å². The zero-order valence-electron chi connectivity index (χ0n) is 16.2. The van der Waals surface area contributed by atoms with E-state index in [1.807, 2.05) is 12.2 Å². The van der Waals surface area contributed by atoms with Gasteiger partial charge in [0.05, 0.1) is 11.8 Å². The average Bonchev–Trinajstić information content (AvgIpc) is 2.96. The van der Waals surface area contributed by atoms with Crippen molar-refractivity contribution in [2.24, 2.45) is 11.8 Å². The van der Waals surface area contributed by atoms with Gasteiger partial charge in [0.15, 0.2) is 12.4 Å². The fourth-order valence-corrected chi connectivity index (χ4v) is 3.56. The summed E-state index contributed by atoms with van der Waals surface area (Å²) < 4.78 is 5.00. The highest BCUT2D eigenvalue weighted by Crippen LogP contribution is 2.36. The van der Waals surface area contributed by atoms with Gasteiger partial charge in [-0.15, -0.1) is 0 Å². The number of hydrogen-bond donors (Lipinski definition) is 1. The first-order valence-corrected chi connectivity index (χ1v) is 9.39. The van der Waals surface area contributed by atoms with Crippen LogP contribution < -0.4 is 5.32 Å². The fourth-order valence-electron chi connectivity index (χ4n) is 3.56. The smallest absolute Gasteiger partial charge is 0.329 e. The molecule has 3 amide bonds. The second-order valence-electron chi connectivity index (χ2n) is 7.17. The Hall–Kier alpha value is -3.29. The summed E-state index contributed by atoms with van der Waals surface area (Å²) in [5.74, 6) is -3.08. The molecule has 3 rings (SSSR count). The lowest BCUT2D eigenvalue weighted by Crippen LogP contribution is -2.45. The van der Waals surface area contributed by atoms with E-state index in [0.29, 0.717) is 24.1 Å². The largest absolute Gasteiger partial charge is 0.454 e. The van der Waals surface area contributed by atoms with E-state index in [-0.39, 0.29) is 17.6 Å². The number of rotatable bonds is 6. The molecule has 0 unspecified atom stereocenters. The maximum Gasteiger partial charge on any atom is 0.329 e. The van der Waals surface area contributed by atoms with Crippen LogP contribution in [0.1, 0.15) is 37.0 Å². The van der Waals surface area contributed by atoms with Crippen molar-refractivity contribution >= 4 is 35.2 Å². The molecule has 1 heterocycles. The van der Waals surface area contributed by atoms with Gasteiger partial charge in [-0.1, -0.05) is 12.2 Å². The Morgan fingerprint density at radius 3 is 2.14 bits per heavy atom. The molecule has 1 aliphatic heterocycles. The minimum atomic E-state index is -1.09. The van der Waals surface area contributed by atoms with Crippen LogP contribution in [0.25, 0.3) is 0 Å². The zero-order valence-corrected chi connectivity index (χ0v) is 16.2. The molecule has 8 heteroatoms. The Morgan fingerprint density at radius 2 is 1.62 bits per heavy atom. The summed E-state index contributed by atoms with van der Waals surface area (Å²) in [4.78, 5) is 61.5. The number of Topliss-reactive ketones (excluding diaryl/α,β-unsaturated/α-hetero) is 1. The molecule has 152 valence electrons. The SMILES string of the molecule is CC(=O)c1ccc(NC(=O)COC(=O)[C@H](C)N2C(=O)[C@H]3CC=CC[C@@H]3C2=O)cc1. The number of hydrogen-bond acceptors (Lipinski definition) is 6. The lowest BCUT2D eigenvalue weighted by molar-refractivity contribution is -0.159. The third-order valence-corrected chi connectivity index (χ3v) is 5.19. The molecule has 0 aromatic heterocycles. The predicted molar refractivity (Wildman–Crippen MR) is 103 cm³/mol. The molecule has 1 aromatic rings. The van der Waals surface area contributed by atoms with Crippen molar-refractivity contribution in [1.82, 2.24) is 4.90 Å². The van der Waals surface area contributed by atoms with E-state index in [4.69, 9.17) is 4.74 Å². The molecular weight excluding hydrogens is 376 g/mol. The molecule has 3 atom stereocenters. The second kappa shape index (κ2) is 8.38. The van der Waals surface area contributed by atoms with Gasteiger partial charge in [-0.05, 0) is 51.0 Å². The maximum atomic E-state index is 12.5. The zero-order chi connectivity index (χ0) is 21.1. The molecule has 0 spiro atoms. The average molecular weight is 398 g/mol. The lowest BCUT2D eigenvalue weighted by atomic mass is 9.85. The molecular formula is C21H22N2O6. The van der Waals surface area contributed by atoms with Gasteiger partial charge >= 0.3 is 5.97 Å². The van der Waals surface area contributed by atoms with Gasteiger partial charge in [-0.25, -0.2) is 4.79 Å². The quantitative estimate of drug-likeness (QED) is 0.338. The van der Waals surface area contributed by atoms with Crippen molar-refractivity contribution in [3.63, 3.8) is 0 Å². The molecule has 8 nitrogen and oxygen atoms in total. The number of nitrogens with zero attached hydrogens (tertiary/aromatic N) is 1. The number of nitrogens with one attached hydrogen (secondary N) is 1. The predicted octanol–water partition coefficient (Wildman–Crippen LogP) is 1.71. The van der Waals surface area contributed by atoms with Crippen LogP contribution in [0.5, 0.6) is 0 Å². The van der Waals surface area contributed by atoms with E-state index in [0.717, 1.165) is 4.90 Å². The van der Waals surface area contributed by atoms with Crippen molar-refractivity contribution in [3.05, 3.63) is 42.0 Å². The highest BCUT2D eigenvalue weighted by Gasteiger charge is 2.50. The van der Waals surface area contributed by atoms with Crippen LogP contribution in [-0.4, -0.2) is 47.0 Å². The Bertz CT molecular complexity index is 863. The van der Waals surface area contributed by atoms with E-state index in [9.17, 15) is 24.0 Å². The number of allylic oxidation sites excluding steroid dienone is 2. The molecule has 1 aromatic carbocycles. The second-order valence-corrected chi connectivity index (χ2v) is 7.17. The molecule has 1 aliphatic carbocycles. The number of benzene rings is 1. The first kappa shape index (κ1) is 20.4. The van der Waals surface area contributed by atoms with Crippen LogP contribution in [0.15, 0.2) is 36.4 Å². The van der Waals surface area contributed by atoms with Gasteiger partial charge in [-0.3, -0.25) is 24.1 Å². The third-order valence-electron chi connectivity index (χ3n) is 5.19. The summed E-state index contributed by atoms with van der Waals surface area (Å²) in [6.45, 7) is 2.30. The van der Waals surface area contributed by atoms with E-state index in [2.05, 4.69) is 5.32 Å². The van der Waals surface area contributed by atoms with Gasteiger partial charge in [0.2, 0.25) is 11.8 Å². The van der Waals surface area contributed by atoms with Crippen LogP contribution in [0.3, 0.4) is 0 Å². The molecule has 29 heavy (non-hydrogen) atoms. The summed E-state index contributed by atoms with van der Waals surface area (Å²) in [6.07, 6.45) is 4.70. The van der Waals surface area contributed by atoms with Crippen molar-refractivity contribution in [1.29, 1.82) is 0 Å². The number of ether oxygens (including phenoxy) is 1. The number of fused-ring (bicyclic) bond motifs is 1. The van der Waals surface area contributed by atoms with Crippen LogP contribution >= 0.6 is 0 Å². The number of carbonyl (C=O) groups is 5. The Kier molecular flexibility index (Phi) is 5.91. The minimum absolute atomic E-state index is 0.0903. The van der Waals surface area contributed by atoms with Crippen molar-refractivity contribution in [2.75, 3.05) is 11.9 Å². The number of carbonyl (C=O) groups excluding carboxylic acids is 5. The number of esters is 1. The normalized spacial score (nSPS) is 21.5. The third kappa shape index (κ3) is 4.26. The topological polar surface area (TPSA) is 110 Å². The summed E-state index contributed by atoms with van der Waals surface area (Å²) >= 11 is 0. The van der Waals surface area contributed by atoms with Gasteiger partial charge in [0.25, 0.3) is 5.91 Å². The molecule has 0 radical (unpaired) electrons. The lowest BCUT2D eigenvalue weighted by Gasteiger charge is -2.21. The van der Waals surface area contributed by atoms with Crippen molar-refractivity contribution < 1.29 is 28.7 Å². The number of imide groups is 1. The van der Waals surface area contributed by atoms with Crippen LogP contribution in [0.4, 0.5) is 5.69 Å². The van der Waals surface area contributed by atoms with E-state index in [1.165, 1.54) is 13.8 Å². The Labute approximate surface area is 167 Å². The number of anilines is 1. The molecule has 1 N–H and O–H groups in total. The first-order valence-electron chi connectivity index (χ1n) is 9.39. The van der Waals surface area contributed by atoms with E-state index in [1.54, 1.807) is 24.3 Å². The molecule has 0 saturated carbocycles. The van der Waals surface area contributed by atoms with Gasteiger partial charge in [-0.2, -0.15) is 0 Å². The highest BCUT2D eigenvalue weighted by molar-refractivity contribution is 6.08. The summed E-state index contributed by atoms with van der Waals surface area (Å²) in [5, 5.41) is 2.55. The van der Waals surface area contributed by atoms with Crippen LogP contribution in [-0.2, 0) is 23.9 Å². The van der Waals surface area contributed by atoms with Crippen molar-refractivity contribution in [2.45, 2.75) is 32.7 Å². The Morgan fingerprint density at radius 1 is 1.07 bits per heavy atom. The highest BCUT2D eigenvalue weighted by atomic mass is 16.5. The first-order chi connectivity index (χ1) is 13.8. The molecule has 1 saturated heterocycles. The standard InChI is InChI=1S/C21H22N2O6/c1-12(23-19(26)16-5-3-4-6-17(16)20(23)27)21(28)29-11-18(25)22-15-9-7-14(8-10-15)13(2)24/h3-4,7-10,12,16-17H,5-6,11H2,1-2H3,(H,22,25)/t12-,16-,17-/m0/s1. The summed E-state index contributed by atoms with van der Waals surface area (Å²) in [6, 6.07) is 5.19. The molecule has 2 aliphatic rings. The molecule has 0 bridgehead atoms. The van der Waals surface area contributed by atoms with Crippen LogP contribution in [0, 0.1) is 11.8 Å². The van der Waals surface area contributed by atoms with Crippen molar-refractivity contribution in [3.8, 4) is 0 Å². The fraction of sp³-hybridized carbons (Fsp3) is 0.381.